The molecule has 1 aliphatic carbocycles. The van der Waals surface area contributed by atoms with Gasteiger partial charge in [-0.1, -0.05) is 27.0 Å². The molecule has 0 heterocycles. The van der Waals surface area contributed by atoms with Gasteiger partial charge in [-0.15, -0.1) is 0 Å². The fraction of sp³-hybridized carbons (Fsp3) is 0.647. The Morgan fingerprint density at radius 2 is 1.86 bits per heavy atom. The molecule has 124 valence electrons. The fourth-order valence-electron chi connectivity index (χ4n) is 2.26. The minimum Gasteiger partial charge on any atom is -0.462 e. The van der Waals surface area contributed by atoms with E-state index in [1.54, 1.807) is 6.92 Å². The van der Waals surface area contributed by atoms with Gasteiger partial charge in [-0.3, -0.25) is 0 Å². The average molecular weight is 310 g/mol. The largest absolute Gasteiger partial charge is 0.462 e. The zero-order chi connectivity index (χ0) is 16.9. The summed E-state index contributed by atoms with van der Waals surface area (Å²) in [5.41, 5.74) is 0.764. The van der Waals surface area contributed by atoms with E-state index < -0.39 is 24.1 Å². The van der Waals surface area contributed by atoms with E-state index in [0.717, 1.165) is 6.42 Å². The van der Waals surface area contributed by atoms with Crippen LogP contribution in [0.1, 0.15) is 40.0 Å². The van der Waals surface area contributed by atoms with Gasteiger partial charge in [0.05, 0.1) is 12.7 Å². The molecule has 1 fully saturated rings. The Labute approximate surface area is 132 Å². The first-order valence-corrected chi connectivity index (χ1v) is 7.62. The van der Waals surface area contributed by atoms with Crippen molar-refractivity contribution in [2.75, 3.05) is 6.61 Å². The first-order chi connectivity index (χ1) is 10.2. The number of esters is 2. The second-order valence-corrected chi connectivity index (χ2v) is 6.25. The quantitative estimate of drug-likeness (QED) is 0.602. The Morgan fingerprint density at radius 1 is 1.23 bits per heavy atom. The van der Waals surface area contributed by atoms with Gasteiger partial charge in [-0.25, -0.2) is 9.59 Å². The Kier molecular flexibility index (Phi) is 6.81. The minimum absolute atomic E-state index is 0.0162. The summed E-state index contributed by atoms with van der Waals surface area (Å²) in [4.78, 5) is 23.2. The third kappa shape index (κ3) is 5.30. The lowest BCUT2D eigenvalue weighted by Crippen LogP contribution is -2.39. The molecule has 5 nitrogen and oxygen atoms in total. The summed E-state index contributed by atoms with van der Waals surface area (Å²) >= 11 is 0. The van der Waals surface area contributed by atoms with Crippen LogP contribution in [0, 0.1) is 11.8 Å². The molecule has 0 saturated heterocycles. The summed E-state index contributed by atoms with van der Waals surface area (Å²) < 4.78 is 10.4. The second-order valence-electron chi connectivity index (χ2n) is 6.25. The van der Waals surface area contributed by atoms with E-state index in [0.29, 0.717) is 24.0 Å². The van der Waals surface area contributed by atoms with Crippen molar-refractivity contribution in [3.8, 4) is 0 Å². The number of ether oxygens (including phenoxy) is 2. The molecule has 1 aliphatic rings. The maximum atomic E-state index is 11.9. The van der Waals surface area contributed by atoms with E-state index in [9.17, 15) is 14.7 Å². The van der Waals surface area contributed by atoms with Crippen LogP contribution in [-0.4, -0.2) is 35.9 Å². The molecule has 0 spiro atoms. The third-order valence-corrected chi connectivity index (χ3v) is 3.88. The van der Waals surface area contributed by atoms with E-state index in [-0.39, 0.29) is 18.4 Å². The second kappa shape index (κ2) is 8.13. The Morgan fingerprint density at radius 3 is 2.36 bits per heavy atom. The Balaban J connectivity index is 2.43. The van der Waals surface area contributed by atoms with Gasteiger partial charge in [0.2, 0.25) is 0 Å². The van der Waals surface area contributed by atoms with Crippen LogP contribution in [0.2, 0.25) is 0 Å². The van der Waals surface area contributed by atoms with E-state index in [1.807, 2.05) is 13.8 Å². The van der Waals surface area contributed by atoms with Crippen molar-refractivity contribution in [2.24, 2.45) is 11.8 Å². The summed E-state index contributed by atoms with van der Waals surface area (Å²) in [7, 11) is 0. The molecule has 0 amide bonds. The zero-order valence-corrected chi connectivity index (χ0v) is 13.6. The van der Waals surface area contributed by atoms with Crippen LogP contribution in [-0.2, 0) is 19.1 Å². The molecule has 22 heavy (non-hydrogen) atoms. The molecule has 0 aromatic rings. The molecule has 0 radical (unpaired) electrons. The SMILES string of the molecule is C=C(C)C(=O)OCC1CCC(OC(=O)C(=C)C(C)C)C(O)C1. The predicted octanol–water partition coefficient (Wildman–Crippen LogP) is 2.39. The van der Waals surface area contributed by atoms with Crippen molar-refractivity contribution in [3.63, 3.8) is 0 Å². The van der Waals surface area contributed by atoms with E-state index in [1.165, 1.54) is 0 Å². The molecular formula is C17H26O5. The lowest BCUT2D eigenvalue weighted by molar-refractivity contribution is -0.155. The van der Waals surface area contributed by atoms with Crippen molar-refractivity contribution < 1.29 is 24.2 Å². The summed E-state index contributed by atoms with van der Waals surface area (Å²) in [6, 6.07) is 0. The lowest BCUT2D eigenvalue weighted by atomic mass is 9.85. The molecular weight excluding hydrogens is 284 g/mol. The fourth-order valence-corrected chi connectivity index (χ4v) is 2.26. The highest BCUT2D eigenvalue weighted by Gasteiger charge is 2.33. The van der Waals surface area contributed by atoms with Gasteiger partial charge in [-0.2, -0.15) is 0 Å². The zero-order valence-electron chi connectivity index (χ0n) is 13.6. The summed E-state index contributed by atoms with van der Waals surface area (Å²) in [5.74, 6) is -0.786. The van der Waals surface area contributed by atoms with Gasteiger partial charge in [-0.05, 0) is 38.0 Å². The number of aliphatic hydroxyl groups excluding tert-OH is 1. The van der Waals surface area contributed by atoms with Gasteiger partial charge < -0.3 is 14.6 Å². The number of hydrogen-bond acceptors (Lipinski definition) is 5. The topological polar surface area (TPSA) is 72.8 Å². The number of carbonyl (C=O) groups is 2. The van der Waals surface area contributed by atoms with Crippen LogP contribution in [0.5, 0.6) is 0 Å². The molecule has 0 aromatic carbocycles. The summed E-state index contributed by atoms with van der Waals surface area (Å²) in [6.45, 7) is 12.8. The van der Waals surface area contributed by atoms with Crippen LogP contribution >= 0.6 is 0 Å². The van der Waals surface area contributed by atoms with Gasteiger partial charge >= 0.3 is 11.9 Å². The van der Waals surface area contributed by atoms with Crippen LogP contribution < -0.4 is 0 Å². The highest BCUT2D eigenvalue weighted by molar-refractivity contribution is 5.88. The first kappa shape index (κ1) is 18.4. The van der Waals surface area contributed by atoms with Crippen LogP contribution in [0.25, 0.3) is 0 Å². The van der Waals surface area contributed by atoms with E-state index in [4.69, 9.17) is 9.47 Å². The van der Waals surface area contributed by atoms with Crippen LogP contribution in [0.4, 0.5) is 0 Å². The van der Waals surface area contributed by atoms with Gasteiger partial charge in [0, 0.05) is 11.1 Å². The molecule has 0 aromatic heterocycles. The summed E-state index contributed by atoms with van der Waals surface area (Å²) in [5, 5.41) is 10.1. The average Bonchev–Trinajstić information content (AvgIpc) is 2.45. The number of hydrogen-bond donors (Lipinski definition) is 1. The Hall–Kier alpha value is -1.62. The first-order valence-electron chi connectivity index (χ1n) is 7.62. The molecule has 0 aliphatic heterocycles. The van der Waals surface area contributed by atoms with Crippen molar-refractivity contribution in [2.45, 2.75) is 52.2 Å². The Bertz CT molecular complexity index is 452. The van der Waals surface area contributed by atoms with Gasteiger partial charge in [0.15, 0.2) is 0 Å². The number of carbonyl (C=O) groups excluding carboxylic acids is 2. The number of rotatable bonds is 6. The predicted molar refractivity (Wildman–Crippen MR) is 83.0 cm³/mol. The standard InChI is InChI=1S/C17H26O5/c1-10(2)12(5)17(20)22-15-7-6-13(8-14(15)18)9-21-16(19)11(3)4/h10,13-15,18H,3,5-9H2,1-2,4H3. The molecule has 1 N–H and O–H groups in total. The van der Waals surface area contributed by atoms with Gasteiger partial charge in [0.25, 0.3) is 0 Å². The van der Waals surface area contributed by atoms with Crippen molar-refractivity contribution in [1.29, 1.82) is 0 Å². The monoisotopic (exact) mass is 310 g/mol. The normalized spacial score (nSPS) is 24.7. The van der Waals surface area contributed by atoms with Crippen molar-refractivity contribution in [1.82, 2.24) is 0 Å². The smallest absolute Gasteiger partial charge is 0.334 e. The van der Waals surface area contributed by atoms with Crippen LogP contribution in [0.3, 0.4) is 0 Å². The molecule has 0 bridgehead atoms. The molecule has 3 unspecified atom stereocenters. The van der Waals surface area contributed by atoms with Gasteiger partial charge in [0.1, 0.15) is 6.10 Å². The molecule has 5 heteroatoms. The van der Waals surface area contributed by atoms with Crippen LogP contribution in [0.15, 0.2) is 24.3 Å². The molecule has 3 atom stereocenters. The highest BCUT2D eigenvalue weighted by atomic mass is 16.6. The third-order valence-electron chi connectivity index (χ3n) is 3.88. The highest BCUT2D eigenvalue weighted by Crippen LogP contribution is 2.28. The summed E-state index contributed by atoms with van der Waals surface area (Å²) in [6.07, 6.45) is 0.456. The maximum absolute atomic E-state index is 11.9. The van der Waals surface area contributed by atoms with E-state index in [2.05, 4.69) is 13.2 Å². The number of aliphatic hydroxyl groups is 1. The maximum Gasteiger partial charge on any atom is 0.334 e. The van der Waals surface area contributed by atoms with Crippen molar-refractivity contribution in [3.05, 3.63) is 24.3 Å². The minimum atomic E-state index is -0.744. The molecule has 1 rings (SSSR count). The lowest BCUT2D eigenvalue weighted by Gasteiger charge is -2.32. The molecule has 1 saturated carbocycles. The van der Waals surface area contributed by atoms with Crippen molar-refractivity contribution >= 4 is 11.9 Å². The van der Waals surface area contributed by atoms with E-state index >= 15 is 0 Å².